The number of halogens is 1. The first-order chi connectivity index (χ1) is 19.0. The van der Waals surface area contributed by atoms with Crippen LogP contribution in [0.25, 0.3) is 16.3 Å². The molecule has 2 aliphatic heterocycles. The average molecular weight is 565 g/mol. The van der Waals surface area contributed by atoms with Crippen LogP contribution < -0.4 is 5.43 Å². The second-order valence-corrected chi connectivity index (χ2v) is 12.0. The Morgan fingerprint density at radius 2 is 1.74 bits per heavy atom. The second-order valence-electron chi connectivity index (χ2n) is 10.4. The Kier molecular flexibility index (Phi) is 8.09. The van der Waals surface area contributed by atoms with Gasteiger partial charge in [0, 0.05) is 92.1 Å². The van der Waals surface area contributed by atoms with Crippen molar-refractivity contribution in [1.82, 2.24) is 19.1 Å². The maximum absolute atomic E-state index is 14.1. The van der Waals surface area contributed by atoms with Gasteiger partial charge in [-0.25, -0.2) is 0 Å². The number of pyridine rings is 1. The van der Waals surface area contributed by atoms with Crippen molar-refractivity contribution in [3.05, 3.63) is 86.8 Å². The molecule has 0 atom stereocenters. The van der Waals surface area contributed by atoms with E-state index in [1.165, 1.54) is 0 Å². The Morgan fingerprint density at radius 1 is 0.974 bits per heavy atom. The fourth-order valence-corrected chi connectivity index (χ4v) is 6.68. The van der Waals surface area contributed by atoms with Gasteiger partial charge in [-0.3, -0.25) is 19.4 Å². The van der Waals surface area contributed by atoms with Gasteiger partial charge in [0.05, 0.1) is 18.7 Å². The number of morpholine rings is 1. The lowest BCUT2D eigenvalue weighted by Crippen LogP contribution is -2.42. The van der Waals surface area contributed by atoms with Gasteiger partial charge in [-0.2, -0.15) is 11.8 Å². The zero-order chi connectivity index (χ0) is 26.8. The third kappa shape index (κ3) is 5.95. The molecule has 6 rings (SSSR count). The van der Waals surface area contributed by atoms with Crippen LogP contribution in [0, 0.1) is 0 Å². The van der Waals surface area contributed by atoms with Crippen molar-refractivity contribution in [2.45, 2.75) is 13.1 Å². The van der Waals surface area contributed by atoms with Gasteiger partial charge in [-0.15, -0.1) is 0 Å². The molecule has 7 nitrogen and oxygen atoms in total. The molecular weight excluding hydrogens is 532 g/mol. The Bertz CT molecular complexity index is 1500. The van der Waals surface area contributed by atoms with E-state index in [2.05, 4.69) is 15.9 Å². The van der Waals surface area contributed by atoms with Crippen LogP contribution in [0.15, 0.2) is 59.7 Å². The predicted octanol–water partition coefficient (Wildman–Crippen LogP) is 4.07. The van der Waals surface area contributed by atoms with Crippen molar-refractivity contribution in [1.29, 1.82) is 0 Å². The number of rotatable bonds is 8. The van der Waals surface area contributed by atoms with Gasteiger partial charge < -0.3 is 14.0 Å². The Balaban J connectivity index is 1.32. The van der Waals surface area contributed by atoms with Crippen LogP contribution in [-0.4, -0.2) is 89.0 Å². The number of aromatic nitrogens is 1. The first kappa shape index (κ1) is 26.6. The summed E-state index contributed by atoms with van der Waals surface area (Å²) >= 11 is 8.08. The lowest BCUT2D eigenvalue weighted by molar-refractivity contribution is 0.0342. The van der Waals surface area contributed by atoms with E-state index < -0.39 is 0 Å². The van der Waals surface area contributed by atoms with E-state index in [1.54, 1.807) is 6.20 Å². The number of thioether (sulfide) groups is 1. The van der Waals surface area contributed by atoms with Gasteiger partial charge in [0.1, 0.15) is 5.56 Å². The molecule has 4 aromatic rings. The minimum atomic E-state index is -0.229. The largest absolute Gasteiger partial charge is 0.379 e. The summed E-state index contributed by atoms with van der Waals surface area (Å²) in [5.74, 6) is 2.00. The van der Waals surface area contributed by atoms with Crippen molar-refractivity contribution < 1.29 is 9.53 Å². The van der Waals surface area contributed by atoms with Crippen LogP contribution in [0.2, 0.25) is 5.02 Å². The summed E-state index contributed by atoms with van der Waals surface area (Å²) in [6.45, 7) is 7.78. The summed E-state index contributed by atoms with van der Waals surface area (Å²) < 4.78 is 7.42. The summed E-state index contributed by atoms with van der Waals surface area (Å²) in [4.78, 5) is 34.5. The van der Waals surface area contributed by atoms with E-state index in [0.29, 0.717) is 23.5 Å². The fourth-order valence-electron chi connectivity index (χ4n) is 5.57. The molecule has 2 aromatic carbocycles. The highest BCUT2D eigenvalue weighted by atomic mass is 35.5. The molecule has 0 N–H and O–H groups in total. The number of nitrogens with zero attached hydrogens (tertiary/aromatic N) is 4. The standard InChI is InChI=1S/C30H33ClN4O3S/c31-25-3-1-22(2-4-25)20-35(8-7-32-11-15-39-16-12-32)30(37)27-21-34-6-5-24-17-23(18-26(28(24)34)29(27)36)19-33-9-13-38-14-10-33/h1-6,17-18,21H,7-16,19-20H2. The van der Waals surface area contributed by atoms with Gasteiger partial charge in [0.2, 0.25) is 5.43 Å². The molecular formula is C30H33ClN4O3S. The van der Waals surface area contributed by atoms with Crippen LogP contribution in [0.4, 0.5) is 0 Å². The number of hydrogen-bond acceptors (Lipinski definition) is 6. The molecule has 39 heavy (non-hydrogen) atoms. The van der Waals surface area contributed by atoms with Crippen molar-refractivity contribution >= 4 is 45.6 Å². The van der Waals surface area contributed by atoms with Crippen LogP contribution in [0.3, 0.4) is 0 Å². The molecule has 0 spiro atoms. The number of ether oxygens (including phenoxy) is 1. The zero-order valence-corrected chi connectivity index (χ0v) is 23.6. The number of benzene rings is 2. The van der Waals surface area contributed by atoms with E-state index >= 15 is 0 Å². The van der Waals surface area contributed by atoms with Crippen molar-refractivity contribution in [2.24, 2.45) is 0 Å². The molecule has 1 amide bonds. The van der Waals surface area contributed by atoms with E-state index in [1.807, 2.05) is 63.7 Å². The molecule has 2 aromatic heterocycles. The van der Waals surface area contributed by atoms with Crippen molar-refractivity contribution in [3.8, 4) is 0 Å². The monoisotopic (exact) mass is 564 g/mol. The molecule has 2 fully saturated rings. The summed E-state index contributed by atoms with van der Waals surface area (Å²) in [5.41, 5.74) is 2.96. The molecule has 0 unspecified atom stereocenters. The summed E-state index contributed by atoms with van der Waals surface area (Å²) in [5, 5.41) is 2.28. The Labute approximate surface area is 237 Å². The third-order valence-electron chi connectivity index (χ3n) is 7.73. The molecule has 0 saturated carbocycles. The molecule has 0 radical (unpaired) electrons. The van der Waals surface area contributed by atoms with E-state index in [0.717, 1.165) is 86.0 Å². The molecule has 204 valence electrons. The SMILES string of the molecule is O=C(c1cn2ccc3cc(CN4CCOCC4)cc(c1=O)c32)N(CCN1CCSCC1)Cc1ccc(Cl)cc1. The quantitative estimate of drug-likeness (QED) is 0.322. The molecule has 9 heteroatoms. The van der Waals surface area contributed by atoms with Crippen LogP contribution in [0.1, 0.15) is 21.5 Å². The summed E-state index contributed by atoms with van der Waals surface area (Å²) in [7, 11) is 0. The van der Waals surface area contributed by atoms with Gasteiger partial charge >= 0.3 is 0 Å². The zero-order valence-electron chi connectivity index (χ0n) is 22.0. The minimum Gasteiger partial charge on any atom is -0.379 e. The first-order valence-electron chi connectivity index (χ1n) is 13.6. The van der Waals surface area contributed by atoms with Gasteiger partial charge in [-0.05, 0) is 41.5 Å². The number of hydrogen-bond donors (Lipinski definition) is 0. The normalized spacial score (nSPS) is 17.3. The summed E-state index contributed by atoms with van der Waals surface area (Å²) in [6, 6.07) is 13.7. The molecule has 4 heterocycles. The van der Waals surface area contributed by atoms with Crippen molar-refractivity contribution in [2.75, 3.05) is 64.0 Å². The third-order valence-corrected chi connectivity index (χ3v) is 8.93. The lowest BCUT2D eigenvalue weighted by atomic mass is 10.0. The van der Waals surface area contributed by atoms with Crippen LogP contribution >= 0.6 is 23.4 Å². The summed E-state index contributed by atoms with van der Waals surface area (Å²) in [6.07, 6.45) is 3.66. The average Bonchev–Trinajstić information content (AvgIpc) is 3.37. The topological polar surface area (TPSA) is 57.5 Å². The number of carbonyl (C=O) groups excluding carboxylic acids is 1. The van der Waals surface area contributed by atoms with Gasteiger partial charge in [-0.1, -0.05) is 23.7 Å². The Morgan fingerprint density at radius 3 is 2.51 bits per heavy atom. The maximum atomic E-state index is 14.1. The molecule has 2 saturated heterocycles. The molecule has 0 bridgehead atoms. The lowest BCUT2D eigenvalue weighted by Gasteiger charge is -2.30. The first-order valence-corrected chi connectivity index (χ1v) is 15.1. The molecule has 2 aliphatic rings. The van der Waals surface area contributed by atoms with Crippen LogP contribution in [0.5, 0.6) is 0 Å². The second kappa shape index (κ2) is 11.9. The van der Waals surface area contributed by atoms with E-state index in [4.69, 9.17) is 16.3 Å². The highest BCUT2D eigenvalue weighted by Crippen LogP contribution is 2.24. The fraction of sp³-hybridized carbons (Fsp3) is 0.400. The number of carbonyl (C=O) groups is 1. The number of amides is 1. The predicted molar refractivity (Wildman–Crippen MR) is 158 cm³/mol. The molecule has 0 aliphatic carbocycles. The van der Waals surface area contributed by atoms with Crippen molar-refractivity contribution in [3.63, 3.8) is 0 Å². The highest BCUT2D eigenvalue weighted by molar-refractivity contribution is 7.99. The van der Waals surface area contributed by atoms with E-state index in [-0.39, 0.29) is 16.9 Å². The maximum Gasteiger partial charge on any atom is 0.259 e. The smallest absolute Gasteiger partial charge is 0.259 e. The van der Waals surface area contributed by atoms with Crippen LogP contribution in [-0.2, 0) is 17.8 Å². The van der Waals surface area contributed by atoms with Gasteiger partial charge in [0.15, 0.2) is 0 Å². The van der Waals surface area contributed by atoms with Gasteiger partial charge in [0.25, 0.3) is 5.91 Å². The minimum absolute atomic E-state index is 0.199. The Hall–Kier alpha value is -2.62. The highest BCUT2D eigenvalue weighted by Gasteiger charge is 2.24. The van der Waals surface area contributed by atoms with E-state index in [9.17, 15) is 9.59 Å².